The zero-order valence-corrected chi connectivity index (χ0v) is 16.5. The number of carbonyl (C=O) groups is 1. The van der Waals surface area contributed by atoms with Crippen molar-refractivity contribution in [1.29, 1.82) is 0 Å². The van der Waals surface area contributed by atoms with E-state index in [1.807, 2.05) is 25.3 Å². The van der Waals surface area contributed by atoms with E-state index in [0.717, 1.165) is 42.5 Å². The van der Waals surface area contributed by atoms with Crippen LogP contribution >= 0.6 is 0 Å². The number of carbonyl (C=O) groups excluding carboxylic acids is 1. The van der Waals surface area contributed by atoms with Crippen molar-refractivity contribution in [1.82, 2.24) is 9.88 Å². The van der Waals surface area contributed by atoms with Crippen molar-refractivity contribution in [2.24, 2.45) is 5.92 Å². The normalized spacial score (nSPS) is 19.1. The van der Waals surface area contributed by atoms with Crippen molar-refractivity contribution in [3.8, 4) is 0 Å². The number of aryl methyl sites for hydroxylation is 2. The number of amides is 1. The lowest BCUT2D eigenvalue weighted by molar-refractivity contribution is -0.384. The van der Waals surface area contributed by atoms with E-state index >= 15 is 0 Å². The second kappa shape index (κ2) is 8.19. The number of non-ortho nitro benzene ring substituents is 1. The quantitative estimate of drug-likeness (QED) is 0.577. The van der Waals surface area contributed by atoms with Crippen molar-refractivity contribution >= 4 is 11.8 Å². The Balaban J connectivity index is 1.69. The smallest absolute Gasteiger partial charge is 0.409 e. The Hall–Kier alpha value is -2.96. The summed E-state index contributed by atoms with van der Waals surface area (Å²) >= 11 is 0. The molecule has 152 valence electrons. The van der Waals surface area contributed by atoms with Gasteiger partial charge in [0, 0.05) is 37.3 Å². The Morgan fingerprint density at radius 3 is 2.72 bits per heavy atom. The average Bonchev–Trinajstić information content (AvgIpc) is 2.90. The van der Waals surface area contributed by atoms with Crippen LogP contribution in [0.3, 0.4) is 0 Å². The molecule has 1 unspecified atom stereocenters. The summed E-state index contributed by atoms with van der Waals surface area (Å²) in [5.41, 5.74) is 4.54. The molecule has 0 N–H and O–H groups in total. The molecular weight excluding hydrogens is 370 g/mol. The molecule has 1 aliphatic heterocycles. The highest BCUT2D eigenvalue weighted by molar-refractivity contribution is 5.67. The van der Waals surface area contributed by atoms with Crippen LogP contribution < -0.4 is 0 Å². The number of benzene rings is 1. The average molecular weight is 395 g/mol. The number of hydrogen-bond acceptors (Lipinski definition) is 5. The summed E-state index contributed by atoms with van der Waals surface area (Å²) < 4.78 is 5.14. The van der Waals surface area contributed by atoms with Crippen LogP contribution in [0.25, 0.3) is 0 Å². The van der Waals surface area contributed by atoms with Gasteiger partial charge in [-0.05, 0) is 61.3 Å². The van der Waals surface area contributed by atoms with Gasteiger partial charge in [0.1, 0.15) is 0 Å². The first kappa shape index (κ1) is 19.4. The maximum atomic E-state index is 12.1. The second-order valence-corrected chi connectivity index (χ2v) is 7.69. The van der Waals surface area contributed by atoms with Gasteiger partial charge in [0.2, 0.25) is 0 Å². The van der Waals surface area contributed by atoms with Gasteiger partial charge in [-0.2, -0.15) is 0 Å². The largest absolute Gasteiger partial charge is 0.450 e. The Labute approximate surface area is 169 Å². The van der Waals surface area contributed by atoms with E-state index in [4.69, 9.17) is 9.72 Å². The van der Waals surface area contributed by atoms with Gasteiger partial charge in [0.25, 0.3) is 5.69 Å². The van der Waals surface area contributed by atoms with Crippen LogP contribution in [0.1, 0.15) is 48.1 Å². The molecule has 2 heterocycles. The minimum atomic E-state index is -0.328. The third-order valence-electron chi connectivity index (χ3n) is 6.10. The topological polar surface area (TPSA) is 85.6 Å². The molecule has 1 aromatic carbocycles. The van der Waals surface area contributed by atoms with E-state index in [9.17, 15) is 14.9 Å². The number of likely N-dealkylation sites (tertiary alicyclic amines) is 1. The fourth-order valence-electron chi connectivity index (χ4n) is 4.68. The Morgan fingerprint density at radius 1 is 1.24 bits per heavy atom. The highest BCUT2D eigenvalue weighted by Gasteiger charge is 2.35. The van der Waals surface area contributed by atoms with Crippen molar-refractivity contribution < 1.29 is 14.5 Å². The molecule has 0 bridgehead atoms. The summed E-state index contributed by atoms with van der Waals surface area (Å²) in [6.45, 7) is 3.44. The van der Waals surface area contributed by atoms with Crippen LogP contribution in [-0.2, 0) is 17.6 Å². The van der Waals surface area contributed by atoms with Crippen LogP contribution in [0.2, 0.25) is 0 Å². The number of nitrogens with zero attached hydrogens (tertiary/aromatic N) is 3. The molecule has 1 atom stereocenters. The summed E-state index contributed by atoms with van der Waals surface area (Å²) in [5.74, 6) is 0.279. The van der Waals surface area contributed by atoms with Gasteiger partial charge < -0.3 is 9.64 Å². The summed E-state index contributed by atoms with van der Waals surface area (Å²) in [6, 6.07) is 9.31. The Bertz CT molecular complexity index is 922. The fraction of sp³-hybridized carbons (Fsp3) is 0.455. The van der Waals surface area contributed by atoms with Crippen LogP contribution in [0, 0.1) is 16.0 Å². The first-order valence-corrected chi connectivity index (χ1v) is 10.2. The lowest BCUT2D eigenvalue weighted by Gasteiger charge is -2.36. The maximum absolute atomic E-state index is 12.1. The second-order valence-electron chi connectivity index (χ2n) is 7.69. The lowest BCUT2D eigenvalue weighted by Crippen LogP contribution is -2.40. The zero-order chi connectivity index (χ0) is 20.4. The number of rotatable bonds is 3. The number of aromatic nitrogens is 1. The Kier molecular flexibility index (Phi) is 5.47. The first-order chi connectivity index (χ1) is 14.1. The van der Waals surface area contributed by atoms with Crippen molar-refractivity contribution in [3.05, 3.63) is 69.0 Å². The van der Waals surface area contributed by atoms with Crippen LogP contribution in [-0.4, -0.2) is 40.6 Å². The van der Waals surface area contributed by atoms with Gasteiger partial charge in [0.05, 0.1) is 17.2 Å². The SMILES string of the molecule is CCOC(=O)N1CCC(C2c3cc([N+](=O)[O-])ccc3CCc3cccnc32)CC1. The minimum absolute atomic E-state index is 0.00736. The number of nitro groups is 1. The van der Waals surface area contributed by atoms with Gasteiger partial charge in [-0.15, -0.1) is 0 Å². The van der Waals surface area contributed by atoms with Gasteiger partial charge >= 0.3 is 6.09 Å². The molecule has 7 heteroatoms. The first-order valence-electron chi connectivity index (χ1n) is 10.2. The van der Waals surface area contributed by atoms with E-state index in [0.29, 0.717) is 19.7 Å². The number of fused-ring (bicyclic) bond motifs is 2. The standard InChI is InChI=1S/C22H25N3O4/c1-2-29-22(26)24-12-9-16(10-13-24)20-19-14-18(25(27)28)8-7-15(19)5-6-17-4-3-11-23-21(17)20/h3-4,7-8,11,14,16,20H,2,5-6,9-10,12-13H2,1H3. The number of ether oxygens (including phenoxy) is 1. The number of nitro benzene ring substituents is 1. The summed E-state index contributed by atoms with van der Waals surface area (Å²) in [5, 5.41) is 11.4. The van der Waals surface area contributed by atoms with E-state index in [1.54, 1.807) is 17.0 Å². The van der Waals surface area contributed by atoms with Gasteiger partial charge in [0.15, 0.2) is 0 Å². The highest BCUT2D eigenvalue weighted by Crippen LogP contribution is 2.43. The van der Waals surface area contributed by atoms with Gasteiger partial charge in [-0.3, -0.25) is 15.1 Å². The van der Waals surface area contributed by atoms with E-state index in [1.165, 1.54) is 5.56 Å². The van der Waals surface area contributed by atoms with Crippen molar-refractivity contribution in [3.63, 3.8) is 0 Å². The highest BCUT2D eigenvalue weighted by atomic mass is 16.6. The van der Waals surface area contributed by atoms with Gasteiger partial charge in [-0.1, -0.05) is 12.1 Å². The van der Waals surface area contributed by atoms with Crippen LogP contribution in [0.4, 0.5) is 10.5 Å². The minimum Gasteiger partial charge on any atom is -0.450 e. The molecule has 1 fully saturated rings. The summed E-state index contributed by atoms with van der Waals surface area (Å²) in [4.78, 5) is 29.6. The molecule has 1 saturated heterocycles. The third kappa shape index (κ3) is 3.81. The molecule has 2 aromatic rings. The van der Waals surface area contributed by atoms with Crippen molar-refractivity contribution in [2.45, 2.75) is 38.5 Å². The maximum Gasteiger partial charge on any atom is 0.409 e. The zero-order valence-electron chi connectivity index (χ0n) is 16.5. The monoisotopic (exact) mass is 395 g/mol. The molecule has 1 aliphatic carbocycles. The molecule has 4 rings (SSSR count). The molecule has 1 aromatic heterocycles. The third-order valence-corrected chi connectivity index (χ3v) is 6.10. The molecule has 1 amide bonds. The predicted octanol–water partition coefficient (Wildman–Crippen LogP) is 4.09. The van der Waals surface area contributed by atoms with E-state index < -0.39 is 0 Å². The van der Waals surface area contributed by atoms with Crippen LogP contribution in [0.5, 0.6) is 0 Å². The molecule has 0 radical (unpaired) electrons. The van der Waals surface area contributed by atoms with E-state index in [-0.39, 0.29) is 28.5 Å². The van der Waals surface area contributed by atoms with Crippen LogP contribution in [0.15, 0.2) is 36.5 Å². The van der Waals surface area contributed by atoms with Gasteiger partial charge in [-0.25, -0.2) is 4.79 Å². The molecule has 0 spiro atoms. The number of piperidine rings is 1. The molecule has 7 nitrogen and oxygen atoms in total. The molecular formula is C22H25N3O4. The molecule has 0 saturated carbocycles. The summed E-state index contributed by atoms with van der Waals surface area (Å²) in [6.07, 6.45) is 4.92. The number of hydrogen-bond donors (Lipinski definition) is 0. The lowest BCUT2D eigenvalue weighted by atomic mass is 9.76. The Morgan fingerprint density at radius 2 is 2.00 bits per heavy atom. The summed E-state index contributed by atoms with van der Waals surface area (Å²) in [7, 11) is 0. The van der Waals surface area contributed by atoms with E-state index in [2.05, 4.69) is 6.07 Å². The fourth-order valence-corrected chi connectivity index (χ4v) is 4.68. The molecule has 29 heavy (non-hydrogen) atoms. The number of pyridine rings is 1. The van der Waals surface area contributed by atoms with Crippen molar-refractivity contribution in [2.75, 3.05) is 19.7 Å². The predicted molar refractivity (Wildman–Crippen MR) is 108 cm³/mol. The molecule has 2 aliphatic rings.